The quantitative estimate of drug-likeness (QED) is 0.730. The molecule has 0 radical (unpaired) electrons. The Morgan fingerprint density at radius 2 is 2.10 bits per heavy atom. The summed E-state index contributed by atoms with van der Waals surface area (Å²) in [6.07, 6.45) is 0.404. The van der Waals surface area contributed by atoms with E-state index in [-0.39, 0.29) is 18.5 Å². The van der Waals surface area contributed by atoms with Gasteiger partial charge in [0.25, 0.3) is 5.91 Å². The van der Waals surface area contributed by atoms with Crippen LogP contribution in [0.2, 0.25) is 0 Å². The van der Waals surface area contributed by atoms with Crippen molar-refractivity contribution in [3.05, 3.63) is 52.2 Å². The van der Waals surface area contributed by atoms with Crippen LogP contribution in [0.1, 0.15) is 28.6 Å². The molecule has 0 bridgehead atoms. The van der Waals surface area contributed by atoms with Crippen LogP contribution in [0, 0.1) is 0 Å². The topological polar surface area (TPSA) is 102 Å². The molecule has 1 aromatic carbocycles. The first-order chi connectivity index (χ1) is 9.63. The third-order valence-electron chi connectivity index (χ3n) is 3.08. The molecule has 1 amide bonds. The van der Waals surface area contributed by atoms with Crippen LogP contribution in [0.25, 0.3) is 0 Å². The number of benzene rings is 1. The van der Waals surface area contributed by atoms with Crippen molar-refractivity contribution in [3.8, 4) is 0 Å². The molecular formula is C13H16N4O3. The largest absolute Gasteiger partial charge is 0.396 e. The Labute approximate surface area is 115 Å². The SMILES string of the molecule is CN(C(=O)c1n[nH]c(=O)[nH]1)C(CCO)c1ccccc1. The van der Waals surface area contributed by atoms with Gasteiger partial charge in [-0.05, 0) is 12.0 Å². The van der Waals surface area contributed by atoms with Crippen LogP contribution >= 0.6 is 0 Å². The highest BCUT2D eigenvalue weighted by Gasteiger charge is 2.24. The Bertz CT molecular complexity index is 620. The molecule has 0 aliphatic rings. The van der Waals surface area contributed by atoms with Crippen LogP contribution in [0.15, 0.2) is 35.1 Å². The highest BCUT2D eigenvalue weighted by Crippen LogP contribution is 2.23. The van der Waals surface area contributed by atoms with Crippen molar-refractivity contribution in [1.82, 2.24) is 20.1 Å². The van der Waals surface area contributed by atoms with Crippen molar-refractivity contribution in [3.63, 3.8) is 0 Å². The Hall–Kier alpha value is -2.41. The summed E-state index contributed by atoms with van der Waals surface area (Å²) in [5.74, 6) is -0.456. The zero-order chi connectivity index (χ0) is 14.5. The molecule has 2 aromatic rings. The molecule has 7 nitrogen and oxygen atoms in total. The minimum absolute atomic E-state index is 0.0450. The third-order valence-corrected chi connectivity index (χ3v) is 3.08. The van der Waals surface area contributed by atoms with E-state index in [2.05, 4.69) is 15.2 Å². The number of amides is 1. The molecule has 2 rings (SSSR count). The predicted molar refractivity (Wildman–Crippen MR) is 72.2 cm³/mol. The van der Waals surface area contributed by atoms with Gasteiger partial charge in [0, 0.05) is 13.7 Å². The summed E-state index contributed by atoms with van der Waals surface area (Å²) in [6.45, 7) is -0.0474. The van der Waals surface area contributed by atoms with E-state index in [4.69, 9.17) is 0 Å². The lowest BCUT2D eigenvalue weighted by Crippen LogP contribution is -2.32. The average Bonchev–Trinajstić information content (AvgIpc) is 2.91. The summed E-state index contributed by atoms with van der Waals surface area (Å²) in [5.41, 5.74) is 0.385. The summed E-state index contributed by atoms with van der Waals surface area (Å²) in [5, 5.41) is 15.0. The highest BCUT2D eigenvalue weighted by atomic mass is 16.3. The number of hydrogen-bond donors (Lipinski definition) is 3. The van der Waals surface area contributed by atoms with Gasteiger partial charge < -0.3 is 10.0 Å². The fourth-order valence-corrected chi connectivity index (χ4v) is 2.06. The predicted octanol–water partition coefficient (Wildman–Crippen LogP) is 0.294. The van der Waals surface area contributed by atoms with Gasteiger partial charge >= 0.3 is 5.69 Å². The normalized spacial score (nSPS) is 12.1. The van der Waals surface area contributed by atoms with Gasteiger partial charge in [-0.15, -0.1) is 5.10 Å². The van der Waals surface area contributed by atoms with Crippen LogP contribution in [0.3, 0.4) is 0 Å². The summed E-state index contributed by atoms with van der Waals surface area (Å²) in [4.78, 5) is 27.0. The summed E-state index contributed by atoms with van der Waals surface area (Å²) < 4.78 is 0. The lowest BCUT2D eigenvalue weighted by molar-refractivity contribution is 0.0693. The molecule has 7 heteroatoms. The smallest absolute Gasteiger partial charge is 0.341 e. The van der Waals surface area contributed by atoms with E-state index in [0.717, 1.165) is 5.56 Å². The van der Waals surface area contributed by atoms with Gasteiger partial charge in [0.05, 0.1) is 6.04 Å². The van der Waals surface area contributed by atoms with Crippen molar-refractivity contribution < 1.29 is 9.90 Å². The van der Waals surface area contributed by atoms with Gasteiger partial charge in [-0.1, -0.05) is 30.3 Å². The average molecular weight is 276 g/mol. The Morgan fingerprint density at radius 3 is 2.65 bits per heavy atom. The number of carbonyl (C=O) groups is 1. The first-order valence-electron chi connectivity index (χ1n) is 6.21. The maximum absolute atomic E-state index is 12.2. The van der Waals surface area contributed by atoms with Crippen molar-refractivity contribution in [2.24, 2.45) is 0 Å². The van der Waals surface area contributed by atoms with Gasteiger partial charge in [-0.25, -0.2) is 9.89 Å². The molecule has 1 aromatic heterocycles. The summed E-state index contributed by atoms with van der Waals surface area (Å²) in [7, 11) is 1.61. The van der Waals surface area contributed by atoms with Crippen molar-refractivity contribution >= 4 is 5.91 Å². The van der Waals surface area contributed by atoms with Gasteiger partial charge in [0.1, 0.15) is 0 Å². The molecule has 0 spiro atoms. The first kappa shape index (κ1) is 14.0. The van der Waals surface area contributed by atoms with E-state index in [1.807, 2.05) is 30.3 Å². The highest BCUT2D eigenvalue weighted by molar-refractivity contribution is 5.90. The molecule has 0 saturated carbocycles. The van der Waals surface area contributed by atoms with Crippen molar-refractivity contribution in [2.75, 3.05) is 13.7 Å². The monoisotopic (exact) mass is 276 g/mol. The molecule has 106 valence electrons. The van der Waals surface area contributed by atoms with E-state index in [9.17, 15) is 14.7 Å². The van der Waals surface area contributed by atoms with Crippen LogP contribution in [-0.4, -0.2) is 44.7 Å². The van der Waals surface area contributed by atoms with Crippen LogP contribution in [0.5, 0.6) is 0 Å². The Balaban J connectivity index is 2.25. The number of rotatable bonds is 5. The maximum Gasteiger partial charge on any atom is 0.341 e. The Morgan fingerprint density at radius 1 is 1.40 bits per heavy atom. The number of carbonyl (C=O) groups excluding carboxylic acids is 1. The second kappa shape index (κ2) is 6.16. The standard InChI is InChI=1S/C13H16N4O3/c1-17(12(19)11-14-13(20)16-15-11)10(7-8-18)9-5-3-2-4-6-9/h2-6,10,18H,7-8H2,1H3,(H2,14,15,16,20). The number of aromatic nitrogens is 3. The van der Waals surface area contributed by atoms with E-state index in [1.165, 1.54) is 4.90 Å². The molecule has 1 unspecified atom stereocenters. The van der Waals surface area contributed by atoms with Crippen molar-refractivity contribution in [2.45, 2.75) is 12.5 Å². The van der Waals surface area contributed by atoms with Gasteiger partial charge in [0.15, 0.2) is 0 Å². The lowest BCUT2D eigenvalue weighted by atomic mass is 10.0. The van der Waals surface area contributed by atoms with Crippen LogP contribution in [-0.2, 0) is 0 Å². The van der Waals surface area contributed by atoms with Crippen LogP contribution < -0.4 is 5.69 Å². The molecule has 0 fully saturated rings. The number of aliphatic hydroxyl groups is 1. The van der Waals surface area contributed by atoms with Crippen molar-refractivity contribution in [1.29, 1.82) is 0 Å². The molecule has 0 aliphatic carbocycles. The molecule has 1 atom stereocenters. The number of nitrogens with zero attached hydrogens (tertiary/aromatic N) is 2. The fraction of sp³-hybridized carbons (Fsp3) is 0.308. The fourth-order valence-electron chi connectivity index (χ4n) is 2.06. The summed E-state index contributed by atoms with van der Waals surface area (Å²) in [6, 6.07) is 9.11. The van der Waals surface area contributed by atoms with E-state index >= 15 is 0 Å². The number of aliphatic hydroxyl groups excluding tert-OH is 1. The summed E-state index contributed by atoms with van der Waals surface area (Å²) >= 11 is 0. The number of aromatic amines is 2. The van der Waals surface area contributed by atoms with Gasteiger partial charge in [-0.2, -0.15) is 0 Å². The molecule has 0 saturated heterocycles. The van der Waals surface area contributed by atoms with E-state index < -0.39 is 11.6 Å². The first-order valence-corrected chi connectivity index (χ1v) is 6.21. The van der Waals surface area contributed by atoms with Gasteiger partial charge in [-0.3, -0.25) is 9.78 Å². The van der Waals surface area contributed by atoms with E-state index in [0.29, 0.717) is 6.42 Å². The van der Waals surface area contributed by atoms with Crippen LogP contribution in [0.4, 0.5) is 0 Å². The van der Waals surface area contributed by atoms with E-state index in [1.54, 1.807) is 7.05 Å². The maximum atomic E-state index is 12.2. The molecule has 20 heavy (non-hydrogen) atoms. The minimum Gasteiger partial charge on any atom is -0.396 e. The third kappa shape index (κ3) is 2.94. The zero-order valence-electron chi connectivity index (χ0n) is 11.0. The molecule has 3 N–H and O–H groups in total. The van der Waals surface area contributed by atoms with Gasteiger partial charge in [0.2, 0.25) is 5.82 Å². The number of hydrogen-bond acceptors (Lipinski definition) is 4. The zero-order valence-corrected chi connectivity index (χ0v) is 11.0. The Kier molecular flexibility index (Phi) is 4.31. The molecule has 0 aliphatic heterocycles. The second-order valence-electron chi connectivity index (χ2n) is 4.38. The number of H-pyrrole nitrogens is 2. The lowest BCUT2D eigenvalue weighted by Gasteiger charge is -2.27. The molecule has 1 heterocycles. The number of nitrogens with one attached hydrogen (secondary N) is 2. The second-order valence-corrected chi connectivity index (χ2v) is 4.38. The minimum atomic E-state index is -0.528. The molecular weight excluding hydrogens is 260 g/mol.